The Bertz CT molecular complexity index is 124. The molecule has 1 atom stereocenters. The third-order valence-electron chi connectivity index (χ3n) is 1.54. The molecule has 0 saturated carbocycles. The summed E-state index contributed by atoms with van der Waals surface area (Å²) in [6.45, 7) is 2.66. The first-order valence-electron chi connectivity index (χ1n) is 3.15. The molecule has 0 aromatic carbocycles. The Morgan fingerprint density at radius 1 is 1.78 bits per heavy atom. The molecule has 0 aliphatic carbocycles. The second-order valence-electron chi connectivity index (χ2n) is 2.26. The molecule has 0 N–H and O–H groups in total. The van der Waals surface area contributed by atoms with Gasteiger partial charge in [0.15, 0.2) is 0 Å². The summed E-state index contributed by atoms with van der Waals surface area (Å²) in [6.07, 6.45) is 1.65. The van der Waals surface area contributed by atoms with Crippen LogP contribution in [0.1, 0.15) is 19.8 Å². The molecule has 9 heavy (non-hydrogen) atoms. The van der Waals surface area contributed by atoms with Gasteiger partial charge < -0.3 is 4.90 Å². The lowest BCUT2D eigenvalue weighted by atomic mass is 10.4. The monoisotopic (exact) mass is 147 g/mol. The summed E-state index contributed by atoms with van der Waals surface area (Å²) in [6, 6.07) is 0. The Morgan fingerprint density at radius 2 is 2.44 bits per heavy atom. The van der Waals surface area contributed by atoms with Crippen molar-refractivity contribution in [3.05, 3.63) is 0 Å². The SMILES string of the molecule is C[C@H](Cl)N1CCCC1=O. The Labute approximate surface area is 59.8 Å². The largest absolute Gasteiger partial charge is 0.327 e. The highest BCUT2D eigenvalue weighted by molar-refractivity contribution is 6.21. The summed E-state index contributed by atoms with van der Waals surface area (Å²) in [5, 5.41) is 0. The lowest BCUT2D eigenvalue weighted by Gasteiger charge is -2.17. The van der Waals surface area contributed by atoms with Crippen LogP contribution in [0.15, 0.2) is 0 Å². The minimum Gasteiger partial charge on any atom is -0.327 e. The number of rotatable bonds is 1. The van der Waals surface area contributed by atoms with Crippen molar-refractivity contribution in [3.8, 4) is 0 Å². The maximum atomic E-state index is 10.9. The molecule has 0 radical (unpaired) electrons. The van der Waals surface area contributed by atoms with Crippen LogP contribution >= 0.6 is 11.6 Å². The number of hydrogen-bond donors (Lipinski definition) is 0. The van der Waals surface area contributed by atoms with E-state index < -0.39 is 0 Å². The van der Waals surface area contributed by atoms with Crippen molar-refractivity contribution in [2.24, 2.45) is 0 Å². The first kappa shape index (κ1) is 6.87. The zero-order valence-electron chi connectivity index (χ0n) is 5.43. The van der Waals surface area contributed by atoms with Gasteiger partial charge in [-0.3, -0.25) is 4.79 Å². The summed E-state index contributed by atoms with van der Waals surface area (Å²) in [5.74, 6) is 0.192. The Kier molecular flexibility index (Phi) is 1.96. The fourth-order valence-corrected chi connectivity index (χ4v) is 1.25. The summed E-state index contributed by atoms with van der Waals surface area (Å²) < 4.78 is 0. The van der Waals surface area contributed by atoms with E-state index in [0.29, 0.717) is 6.42 Å². The Hall–Kier alpha value is -0.240. The highest BCUT2D eigenvalue weighted by Gasteiger charge is 2.22. The number of amides is 1. The third kappa shape index (κ3) is 1.36. The summed E-state index contributed by atoms with van der Waals surface area (Å²) in [7, 11) is 0. The van der Waals surface area contributed by atoms with Crippen LogP contribution in [-0.4, -0.2) is 22.9 Å². The fraction of sp³-hybridized carbons (Fsp3) is 0.833. The van der Waals surface area contributed by atoms with Crippen LogP contribution in [0.25, 0.3) is 0 Å². The number of nitrogens with zero attached hydrogens (tertiary/aromatic N) is 1. The average molecular weight is 148 g/mol. The molecule has 1 saturated heterocycles. The van der Waals surface area contributed by atoms with Crippen LogP contribution in [-0.2, 0) is 4.79 Å². The Balaban J connectivity index is 2.49. The number of alkyl halides is 1. The van der Waals surface area contributed by atoms with Gasteiger partial charge in [0, 0.05) is 13.0 Å². The molecule has 0 bridgehead atoms. The zero-order chi connectivity index (χ0) is 6.85. The van der Waals surface area contributed by atoms with Crippen molar-refractivity contribution in [1.29, 1.82) is 0 Å². The minimum absolute atomic E-state index is 0.125. The second kappa shape index (κ2) is 2.56. The van der Waals surface area contributed by atoms with E-state index in [0.717, 1.165) is 13.0 Å². The van der Waals surface area contributed by atoms with Crippen molar-refractivity contribution in [3.63, 3.8) is 0 Å². The highest BCUT2D eigenvalue weighted by atomic mass is 35.5. The van der Waals surface area contributed by atoms with Crippen LogP contribution in [0.4, 0.5) is 0 Å². The van der Waals surface area contributed by atoms with Crippen LogP contribution < -0.4 is 0 Å². The van der Waals surface area contributed by atoms with E-state index in [-0.39, 0.29) is 11.4 Å². The molecule has 1 amide bonds. The van der Waals surface area contributed by atoms with E-state index in [1.807, 2.05) is 6.92 Å². The van der Waals surface area contributed by atoms with Crippen molar-refractivity contribution in [1.82, 2.24) is 4.90 Å². The number of hydrogen-bond acceptors (Lipinski definition) is 1. The van der Waals surface area contributed by atoms with Gasteiger partial charge in [-0.05, 0) is 13.3 Å². The van der Waals surface area contributed by atoms with E-state index in [1.165, 1.54) is 0 Å². The van der Waals surface area contributed by atoms with E-state index in [4.69, 9.17) is 11.6 Å². The van der Waals surface area contributed by atoms with Gasteiger partial charge in [0.2, 0.25) is 5.91 Å². The predicted octanol–water partition coefficient (Wildman–Crippen LogP) is 1.19. The first-order valence-corrected chi connectivity index (χ1v) is 3.59. The standard InChI is InChI=1S/C6H10ClNO/c1-5(7)8-4-2-3-6(8)9/h5H,2-4H2,1H3/t5-/m1/s1. The van der Waals surface area contributed by atoms with Gasteiger partial charge >= 0.3 is 0 Å². The quantitative estimate of drug-likeness (QED) is 0.403. The molecule has 1 aliphatic heterocycles. The smallest absolute Gasteiger partial charge is 0.223 e. The van der Waals surface area contributed by atoms with E-state index in [9.17, 15) is 4.79 Å². The molecule has 1 fully saturated rings. The van der Waals surface area contributed by atoms with E-state index >= 15 is 0 Å². The molecular weight excluding hydrogens is 138 g/mol. The number of carbonyl (C=O) groups excluding carboxylic acids is 1. The number of carbonyl (C=O) groups is 1. The summed E-state index contributed by atoms with van der Waals surface area (Å²) >= 11 is 5.68. The molecule has 1 aliphatic rings. The van der Waals surface area contributed by atoms with Gasteiger partial charge in [-0.15, -0.1) is 0 Å². The minimum atomic E-state index is -0.125. The van der Waals surface area contributed by atoms with Gasteiger partial charge in [-0.25, -0.2) is 0 Å². The van der Waals surface area contributed by atoms with Gasteiger partial charge in [-0.1, -0.05) is 11.6 Å². The maximum Gasteiger partial charge on any atom is 0.223 e. The average Bonchev–Trinajstić information content (AvgIpc) is 2.13. The van der Waals surface area contributed by atoms with Crippen molar-refractivity contribution in [2.45, 2.75) is 25.3 Å². The van der Waals surface area contributed by atoms with E-state index in [2.05, 4.69) is 0 Å². The predicted molar refractivity (Wildman–Crippen MR) is 36.3 cm³/mol. The summed E-state index contributed by atoms with van der Waals surface area (Å²) in [4.78, 5) is 12.6. The van der Waals surface area contributed by atoms with E-state index in [1.54, 1.807) is 4.90 Å². The molecule has 1 heterocycles. The molecule has 0 aromatic heterocycles. The molecule has 3 heteroatoms. The lowest BCUT2D eigenvalue weighted by Crippen LogP contribution is -2.29. The van der Waals surface area contributed by atoms with Crippen molar-refractivity contribution in [2.75, 3.05) is 6.54 Å². The molecule has 0 spiro atoms. The normalized spacial score (nSPS) is 22.9. The zero-order valence-corrected chi connectivity index (χ0v) is 6.19. The van der Waals surface area contributed by atoms with Crippen molar-refractivity contribution < 1.29 is 4.79 Å². The first-order chi connectivity index (χ1) is 4.22. The highest BCUT2D eigenvalue weighted by Crippen LogP contribution is 2.14. The van der Waals surface area contributed by atoms with Gasteiger partial charge in [-0.2, -0.15) is 0 Å². The molecule has 2 nitrogen and oxygen atoms in total. The third-order valence-corrected chi connectivity index (χ3v) is 1.78. The van der Waals surface area contributed by atoms with Crippen LogP contribution in [0.5, 0.6) is 0 Å². The van der Waals surface area contributed by atoms with Crippen LogP contribution in [0.2, 0.25) is 0 Å². The maximum absolute atomic E-state index is 10.9. The molecule has 1 rings (SSSR count). The fourth-order valence-electron chi connectivity index (χ4n) is 1.05. The molecular formula is C6H10ClNO. The van der Waals surface area contributed by atoms with Gasteiger partial charge in [0.25, 0.3) is 0 Å². The van der Waals surface area contributed by atoms with Gasteiger partial charge in [0.05, 0.1) is 0 Å². The van der Waals surface area contributed by atoms with Crippen LogP contribution in [0, 0.1) is 0 Å². The lowest BCUT2D eigenvalue weighted by molar-refractivity contribution is -0.128. The molecule has 0 unspecified atom stereocenters. The number of likely N-dealkylation sites (tertiary alicyclic amines) is 1. The van der Waals surface area contributed by atoms with Gasteiger partial charge in [0.1, 0.15) is 5.50 Å². The number of halogens is 1. The second-order valence-corrected chi connectivity index (χ2v) is 2.90. The summed E-state index contributed by atoms with van der Waals surface area (Å²) in [5.41, 5.74) is -0.125. The van der Waals surface area contributed by atoms with Crippen molar-refractivity contribution >= 4 is 17.5 Å². The van der Waals surface area contributed by atoms with Crippen LogP contribution in [0.3, 0.4) is 0 Å². The molecule has 0 aromatic rings. The Morgan fingerprint density at radius 3 is 2.67 bits per heavy atom. The topological polar surface area (TPSA) is 20.3 Å². The molecule has 52 valence electrons.